The summed E-state index contributed by atoms with van der Waals surface area (Å²) in [6.07, 6.45) is 7.43. The molecule has 1 aliphatic heterocycles. The number of hydrogen-bond acceptors (Lipinski definition) is 5. The van der Waals surface area contributed by atoms with Gasteiger partial charge in [-0.1, -0.05) is 47.1 Å². The molecular weight excluding hydrogens is 370 g/mol. The van der Waals surface area contributed by atoms with Gasteiger partial charge in [0.2, 0.25) is 0 Å². The van der Waals surface area contributed by atoms with Crippen LogP contribution in [0.4, 0.5) is 17.3 Å². The zero-order valence-electron chi connectivity index (χ0n) is 19.1. The third-order valence-electron chi connectivity index (χ3n) is 5.98. The minimum Gasteiger partial charge on any atom is -0.396 e. The molecule has 5 nitrogen and oxygen atoms in total. The number of nitrogens with two attached hydrogens (primary N) is 1. The second-order valence-electron chi connectivity index (χ2n) is 9.13. The highest BCUT2D eigenvalue weighted by atomic mass is 15.2. The number of unbranched alkanes of at least 4 members (excludes halogenated alkanes) is 2. The minimum atomic E-state index is 0.337. The number of aromatic nitrogens is 2. The molecule has 0 spiro atoms. The molecule has 0 aromatic carbocycles. The smallest absolute Gasteiger partial charge is 0.156 e. The van der Waals surface area contributed by atoms with E-state index < -0.39 is 0 Å². The molecule has 162 valence electrons. The number of rotatable bonds is 9. The third kappa shape index (κ3) is 5.13. The first kappa shape index (κ1) is 22.1. The highest BCUT2D eigenvalue weighted by molar-refractivity contribution is 5.72. The summed E-state index contributed by atoms with van der Waals surface area (Å²) in [5.41, 5.74) is 10.4. The van der Waals surface area contributed by atoms with Crippen molar-refractivity contribution in [3.8, 4) is 11.3 Å². The van der Waals surface area contributed by atoms with Gasteiger partial charge in [0.15, 0.2) is 5.82 Å². The van der Waals surface area contributed by atoms with E-state index in [1.165, 1.54) is 19.3 Å². The summed E-state index contributed by atoms with van der Waals surface area (Å²) in [5.74, 6) is 1.84. The van der Waals surface area contributed by atoms with E-state index in [4.69, 9.17) is 10.7 Å². The van der Waals surface area contributed by atoms with Crippen molar-refractivity contribution in [2.75, 3.05) is 35.2 Å². The first-order valence-corrected chi connectivity index (χ1v) is 11.3. The van der Waals surface area contributed by atoms with Crippen molar-refractivity contribution in [2.45, 2.75) is 59.8 Å². The maximum atomic E-state index is 6.36. The molecule has 1 saturated heterocycles. The summed E-state index contributed by atoms with van der Waals surface area (Å²) in [7, 11) is 0. The summed E-state index contributed by atoms with van der Waals surface area (Å²) >= 11 is 0. The van der Waals surface area contributed by atoms with E-state index >= 15 is 0 Å². The predicted molar refractivity (Wildman–Crippen MR) is 129 cm³/mol. The molecule has 1 fully saturated rings. The Balaban J connectivity index is 1.90. The van der Waals surface area contributed by atoms with Crippen LogP contribution >= 0.6 is 0 Å². The molecule has 0 radical (unpaired) electrons. The van der Waals surface area contributed by atoms with Gasteiger partial charge < -0.3 is 15.5 Å². The zero-order valence-corrected chi connectivity index (χ0v) is 19.1. The van der Waals surface area contributed by atoms with Gasteiger partial charge in [0.1, 0.15) is 5.82 Å². The zero-order chi connectivity index (χ0) is 21.7. The fraction of sp³-hybridized carbons (Fsp3) is 0.520. The number of nitrogen functional groups attached to an aromatic ring is 1. The maximum Gasteiger partial charge on any atom is 0.156 e. The number of pyridine rings is 2. The van der Waals surface area contributed by atoms with Gasteiger partial charge in [-0.3, -0.25) is 0 Å². The SMILES string of the molecule is C=C(CC)N(CCCCC)c1nc(-c2ccnc(N3CCC(C)(C)C3)c2)ccc1N. The first-order chi connectivity index (χ1) is 14.3. The van der Waals surface area contributed by atoms with E-state index in [0.29, 0.717) is 11.1 Å². The Morgan fingerprint density at radius 2 is 2.03 bits per heavy atom. The Hall–Kier alpha value is -2.56. The summed E-state index contributed by atoms with van der Waals surface area (Å²) < 4.78 is 0. The predicted octanol–water partition coefficient (Wildman–Crippen LogP) is 5.88. The Morgan fingerprint density at radius 3 is 2.70 bits per heavy atom. The first-order valence-electron chi connectivity index (χ1n) is 11.3. The van der Waals surface area contributed by atoms with Gasteiger partial charge in [0.25, 0.3) is 0 Å². The van der Waals surface area contributed by atoms with Crippen LogP contribution in [0.15, 0.2) is 42.7 Å². The number of hydrogen-bond donors (Lipinski definition) is 1. The van der Waals surface area contributed by atoms with Crippen molar-refractivity contribution >= 4 is 17.3 Å². The fourth-order valence-corrected chi connectivity index (χ4v) is 4.02. The van der Waals surface area contributed by atoms with E-state index in [0.717, 1.165) is 61.1 Å². The van der Waals surface area contributed by atoms with Gasteiger partial charge >= 0.3 is 0 Å². The second-order valence-corrected chi connectivity index (χ2v) is 9.13. The number of nitrogens with zero attached hydrogens (tertiary/aromatic N) is 4. The molecule has 1 aliphatic rings. The molecule has 5 heteroatoms. The van der Waals surface area contributed by atoms with E-state index in [2.05, 4.69) is 55.1 Å². The molecule has 3 rings (SSSR count). The van der Waals surface area contributed by atoms with Crippen LogP contribution in [0.3, 0.4) is 0 Å². The van der Waals surface area contributed by atoms with Crippen molar-refractivity contribution in [2.24, 2.45) is 5.41 Å². The maximum absolute atomic E-state index is 6.36. The standard InChI is InChI=1S/C25H37N5/c1-6-8-9-15-30(19(3)7-2)24-21(26)10-11-22(28-24)20-12-14-27-23(17-20)29-16-13-25(4,5)18-29/h10-12,14,17H,3,6-9,13,15-16,18,26H2,1-2,4-5H3. The van der Waals surface area contributed by atoms with Crippen LogP contribution in [-0.4, -0.2) is 29.6 Å². The second kappa shape index (κ2) is 9.50. The normalized spacial score (nSPS) is 15.4. The molecule has 0 atom stereocenters. The van der Waals surface area contributed by atoms with Crippen LogP contribution in [-0.2, 0) is 0 Å². The monoisotopic (exact) mass is 407 g/mol. The molecule has 2 aromatic rings. The Bertz CT molecular complexity index is 874. The highest BCUT2D eigenvalue weighted by Gasteiger charge is 2.30. The number of allylic oxidation sites excluding steroid dienone is 1. The van der Waals surface area contributed by atoms with Gasteiger partial charge in [-0.2, -0.15) is 0 Å². The molecule has 0 saturated carbocycles. The van der Waals surface area contributed by atoms with Gasteiger partial charge in [-0.15, -0.1) is 0 Å². The van der Waals surface area contributed by atoms with Crippen molar-refractivity contribution in [3.05, 3.63) is 42.7 Å². The van der Waals surface area contributed by atoms with Crippen LogP contribution in [0, 0.1) is 5.41 Å². The summed E-state index contributed by atoms with van der Waals surface area (Å²) in [4.78, 5) is 14.2. The van der Waals surface area contributed by atoms with Crippen molar-refractivity contribution in [3.63, 3.8) is 0 Å². The van der Waals surface area contributed by atoms with Gasteiger partial charge in [0.05, 0.1) is 11.4 Å². The van der Waals surface area contributed by atoms with E-state index in [-0.39, 0.29) is 0 Å². The summed E-state index contributed by atoms with van der Waals surface area (Å²) in [6.45, 7) is 16.2. The average Bonchev–Trinajstić information content (AvgIpc) is 3.11. The molecule has 0 amide bonds. The Kier molecular flexibility index (Phi) is 7.01. The molecule has 0 bridgehead atoms. The van der Waals surface area contributed by atoms with E-state index in [9.17, 15) is 0 Å². The minimum absolute atomic E-state index is 0.337. The molecule has 30 heavy (non-hydrogen) atoms. The van der Waals surface area contributed by atoms with Crippen molar-refractivity contribution in [1.82, 2.24) is 9.97 Å². The van der Waals surface area contributed by atoms with Gasteiger partial charge in [0, 0.05) is 37.1 Å². The third-order valence-corrected chi connectivity index (χ3v) is 5.98. The van der Waals surface area contributed by atoms with E-state index in [1.54, 1.807) is 0 Å². The molecule has 2 N–H and O–H groups in total. The highest BCUT2D eigenvalue weighted by Crippen LogP contribution is 2.34. The van der Waals surface area contributed by atoms with Crippen LogP contribution in [0.5, 0.6) is 0 Å². The van der Waals surface area contributed by atoms with Gasteiger partial charge in [-0.05, 0) is 48.9 Å². The molecule has 3 heterocycles. The van der Waals surface area contributed by atoms with E-state index in [1.807, 2.05) is 24.4 Å². The Labute approximate surface area is 182 Å². The average molecular weight is 408 g/mol. The van der Waals surface area contributed by atoms with Crippen LogP contribution in [0.1, 0.15) is 59.8 Å². The van der Waals surface area contributed by atoms with Crippen LogP contribution < -0.4 is 15.5 Å². The lowest BCUT2D eigenvalue weighted by Crippen LogP contribution is -2.25. The molecule has 0 aliphatic carbocycles. The molecule has 2 aromatic heterocycles. The van der Waals surface area contributed by atoms with Crippen molar-refractivity contribution < 1.29 is 0 Å². The topological polar surface area (TPSA) is 58.3 Å². The van der Waals surface area contributed by atoms with Gasteiger partial charge in [-0.25, -0.2) is 9.97 Å². The number of anilines is 3. The molecular formula is C25H37N5. The molecule has 0 unspecified atom stereocenters. The lowest BCUT2D eigenvalue weighted by Gasteiger charge is -2.27. The van der Waals surface area contributed by atoms with Crippen LogP contribution in [0.2, 0.25) is 0 Å². The largest absolute Gasteiger partial charge is 0.396 e. The lowest BCUT2D eigenvalue weighted by molar-refractivity contribution is 0.418. The van der Waals surface area contributed by atoms with Crippen molar-refractivity contribution in [1.29, 1.82) is 0 Å². The quantitative estimate of drug-likeness (QED) is 0.526. The summed E-state index contributed by atoms with van der Waals surface area (Å²) in [5, 5.41) is 0. The lowest BCUT2D eigenvalue weighted by atomic mass is 9.93. The van der Waals surface area contributed by atoms with Crippen LogP contribution in [0.25, 0.3) is 11.3 Å². The fourth-order valence-electron chi connectivity index (χ4n) is 4.02. The Morgan fingerprint density at radius 1 is 1.23 bits per heavy atom. The summed E-state index contributed by atoms with van der Waals surface area (Å²) in [6, 6.07) is 8.15.